The van der Waals surface area contributed by atoms with Gasteiger partial charge in [0.25, 0.3) is 5.91 Å². The Morgan fingerprint density at radius 3 is 2.64 bits per heavy atom. The van der Waals surface area contributed by atoms with E-state index in [0.717, 1.165) is 28.8 Å². The number of amides is 1. The lowest BCUT2D eigenvalue weighted by Gasteiger charge is -2.26. The van der Waals surface area contributed by atoms with E-state index in [2.05, 4.69) is 27.0 Å². The van der Waals surface area contributed by atoms with Crippen molar-refractivity contribution in [3.8, 4) is 21.9 Å². The van der Waals surface area contributed by atoms with Gasteiger partial charge in [0.15, 0.2) is 15.4 Å². The van der Waals surface area contributed by atoms with Crippen LogP contribution in [0.1, 0.15) is 40.6 Å². The molecule has 1 fully saturated rings. The Kier molecular flexibility index (Phi) is 7.36. The first-order valence-electron chi connectivity index (χ1n) is 10.8. The molecule has 1 N–H and O–H groups in total. The molecule has 33 heavy (non-hydrogen) atoms. The number of halogens is 1. The lowest BCUT2D eigenvalue weighted by Crippen LogP contribution is -2.37. The standard InChI is InChI=1S/C25H27BrN2O4S/c1-15-5-4-6-18(11-15)23-22(27-25(26)33-23)24(30)28(13-16-7-8-16)14-19(29)17-9-10-20(31-2)21(12-17)32-3/h4-6,9-12,16,19,29H,7-8,13-14H2,1-3H3. The van der Waals surface area contributed by atoms with E-state index in [0.29, 0.717) is 39.1 Å². The first-order chi connectivity index (χ1) is 15.9. The minimum Gasteiger partial charge on any atom is -0.493 e. The van der Waals surface area contributed by atoms with Crippen molar-refractivity contribution in [1.82, 2.24) is 9.88 Å². The van der Waals surface area contributed by atoms with E-state index in [-0.39, 0.29) is 12.5 Å². The van der Waals surface area contributed by atoms with Crippen LogP contribution in [0.25, 0.3) is 10.4 Å². The predicted molar refractivity (Wildman–Crippen MR) is 133 cm³/mol. The number of ether oxygens (including phenoxy) is 2. The molecule has 8 heteroatoms. The van der Waals surface area contributed by atoms with E-state index in [1.807, 2.05) is 25.1 Å². The van der Waals surface area contributed by atoms with Gasteiger partial charge in [-0.25, -0.2) is 4.98 Å². The molecular formula is C25H27BrN2O4S. The van der Waals surface area contributed by atoms with Gasteiger partial charge in [0, 0.05) is 6.54 Å². The second-order valence-corrected chi connectivity index (χ2v) is 10.6. The number of hydrogen-bond acceptors (Lipinski definition) is 6. The summed E-state index contributed by atoms with van der Waals surface area (Å²) in [5.74, 6) is 1.43. The second-order valence-electron chi connectivity index (χ2n) is 8.30. The van der Waals surface area contributed by atoms with E-state index in [1.54, 1.807) is 37.3 Å². The number of hydrogen-bond donors (Lipinski definition) is 1. The fourth-order valence-corrected chi connectivity index (χ4v) is 5.24. The van der Waals surface area contributed by atoms with Crippen LogP contribution in [0.3, 0.4) is 0 Å². The summed E-state index contributed by atoms with van der Waals surface area (Å²) in [4.78, 5) is 20.8. The number of carbonyl (C=O) groups is 1. The maximum absolute atomic E-state index is 13.7. The highest BCUT2D eigenvalue weighted by Crippen LogP contribution is 2.36. The van der Waals surface area contributed by atoms with E-state index in [4.69, 9.17) is 9.47 Å². The number of thiazole rings is 1. The van der Waals surface area contributed by atoms with E-state index < -0.39 is 6.10 Å². The molecular weight excluding hydrogens is 504 g/mol. The third kappa shape index (κ3) is 5.57. The number of aliphatic hydroxyl groups excluding tert-OH is 1. The Labute approximate surface area is 206 Å². The van der Waals surface area contributed by atoms with Crippen molar-refractivity contribution >= 4 is 33.2 Å². The lowest BCUT2D eigenvalue weighted by atomic mass is 10.1. The normalized spacial score (nSPS) is 14.1. The number of carbonyl (C=O) groups excluding carboxylic acids is 1. The minimum atomic E-state index is -0.864. The summed E-state index contributed by atoms with van der Waals surface area (Å²) in [6, 6.07) is 13.4. The quantitative estimate of drug-likeness (QED) is 0.396. The highest BCUT2D eigenvalue weighted by molar-refractivity contribution is 9.11. The van der Waals surface area contributed by atoms with Crippen molar-refractivity contribution in [3.63, 3.8) is 0 Å². The smallest absolute Gasteiger partial charge is 0.274 e. The van der Waals surface area contributed by atoms with Gasteiger partial charge in [-0.1, -0.05) is 35.9 Å². The summed E-state index contributed by atoms with van der Waals surface area (Å²) in [5, 5.41) is 11.0. The maximum atomic E-state index is 13.7. The molecule has 1 amide bonds. The fourth-order valence-electron chi connectivity index (χ4n) is 3.80. The minimum absolute atomic E-state index is 0.167. The number of benzene rings is 2. The first-order valence-corrected chi connectivity index (χ1v) is 12.4. The number of aliphatic hydroxyl groups is 1. The Morgan fingerprint density at radius 1 is 1.21 bits per heavy atom. The average molecular weight is 531 g/mol. The molecule has 1 aliphatic carbocycles. The van der Waals surface area contributed by atoms with Crippen molar-refractivity contribution in [3.05, 3.63) is 63.2 Å². The molecule has 1 unspecified atom stereocenters. The number of aryl methyl sites for hydroxylation is 1. The van der Waals surface area contributed by atoms with Gasteiger partial charge in [0.2, 0.25) is 0 Å². The fraction of sp³-hybridized carbons (Fsp3) is 0.360. The summed E-state index contributed by atoms with van der Waals surface area (Å²) in [5.41, 5.74) is 3.17. The first kappa shape index (κ1) is 23.7. The summed E-state index contributed by atoms with van der Waals surface area (Å²) in [6.07, 6.45) is 1.33. The highest BCUT2D eigenvalue weighted by Gasteiger charge is 2.31. The lowest BCUT2D eigenvalue weighted by molar-refractivity contribution is 0.0606. The Bertz CT molecular complexity index is 1150. The molecule has 3 aromatic rings. The molecule has 1 atom stereocenters. The Hall–Kier alpha value is -2.42. The van der Waals surface area contributed by atoms with Crippen LogP contribution in [0.2, 0.25) is 0 Å². The largest absolute Gasteiger partial charge is 0.493 e. The van der Waals surface area contributed by atoms with E-state index in [1.165, 1.54) is 11.3 Å². The van der Waals surface area contributed by atoms with Crippen LogP contribution < -0.4 is 9.47 Å². The Morgan fingerprint density at radius 2 is 1.97 bits per heavy atom. The van der Waals surface area contributed by atoms with Crippen molar-refractivity contribution in [2.75, 3.05) is 27.3 Å². The summed E-state index contributed by atoms with van der Waals surface area (Å²) >= 11 is 4.90. The molecule has 0 spiro atoms. The van der Waals surface area contributed by atoms with Gasteiger partial charge in [-0.05, 0) is 64.9 Å². The summed E-state index contributed by atoms with van der Waals surface area (Å²) in [6.45, 7) is 2.80. The molecule has 4 rings (SSSR count). The maximum Gasteiger partial charge on any atom is 0.274 e. The van der Waals surface area contributed by atoms with Gasteiger partial charge < -0.3 is 19.5 Å². The van der Waals surface area contributed by atoms with Crippen LogP contribution in [0, 0.1) is 12.8 Å². The van der Waals surface area contributed by atoms with Crippen molar-refractivity contribution in [1.29, 1.82) is 0 Å². The summed E-state index contributed by atoms with van der Waals surface area (Å²) in [7, 11) is 3.13. The van der Waals surface area contributed by atoms with Crippen molar-refractivity contribution in [2.24, 2.45) is 5.92 Å². The van der Waals surface area contributed by atoms with Crippen LogP contribution in [-0.2, 0) is 0 Å². The number of rotatable bonds is 9. The number of nitrogens with zero attached hydrogens (tertiary/aromatic N) is 2. The van der Waals surface area contributed by atoms with Crippen molar-refractivity contribution in [2.45, 2.75) is 25.9 Å². The van der Waals surface area contributed by atoms with Gasteiger partial charge in [0.1, 0.15) is 5.69 Å². The molecule has 6 nitrogen and oxygen atoms in total. The van der Waals surface area contributed by atoms with Crippen LogP contribution in [0.5, 0.6) is 11.5 Å². The molecule has 0 saturated heterocycles. The summed E-state index contributed by atoms with van der Waals surface area (Å²) < 4.78 is 11.3. The van der Waals surface area contributed by atoms with Gasteiger partial charge in [-0.3, -0.25) is 4.79 Å². The van der Waals surface area contributed by atoms with Gasteiger partial charge >= 0.3 is 0 Å². The molecule has 0 bridgehead atoms. The molecule has 174 valence electrons. The second kappa shape index (κ2) is 10.2. The SMILES string of the molecule is COc1ccc(C(O)CN(CC2CC2)C(=O)c2nc(Br)sc2-c2cccc(C)c2)cc1OC. The predicted octanol–water partition coefficient (Wildman–Crippen LogP) is 5.48. The van der Waals surface area contributed by atoms with Crippen LogP contribution in [0.15, 0.2) is 46.4 Å². The third-order valence-electron chi connectivity index (χ3n) is 5.73. The van der Waals surface area contributed by atoms with Crippen molar-refractivity contribution < 1.29 is 19.4 Å². The molecule has 1 aliphatic rings. The Balaban J connectivity index is 1.61. The average Bonchev–Trinajstić information content (AvgIpc) is 3.55. The van der Waals surface area contributed by atoms with Gasteiger partial charge in [0.05, 0.1) is 31.7 Å². The van der Waals surface area contributed by atoms with Crippen LogP contribution in [0.4, 0.5) is 0 Å². The zero-order valence-electron chi connectivity index (χ0n) is 18.9. The number of aromatic nitrogens is 1. The van der Waals surface area contributed by atoms with Gasteiger partial charge in [-0.15, -0.1) is 11.3 Å². The molecule has 1 aromatic heterocycles. The number of methoxy groups -OCH3 is 2. The molecule has 0 aliphatic heterocycles. The molecule has 2 aromatic carbocycles. The molecule has 0 radical (unpaired) electrons. The monoisotopic (exact) mass is 530 g/mol. The highest BCUT2D eigenvalue weighted by atomic mass is 79.9. The zero-order valence-corrected chi connectivity index (χ0v) is 21.3. The van der Waals surface area contributed by atoms with E-state index >= 15 is 0 Å². The van der Waals surface area contributed by atoms with Gasteiger partial charge in [-0.2, -0.15) is 0 Å². The topological polar surface area (TPSA) is 71.9 Å². The molecule has 1 heterocycles. The van der Waals surface area contributed by atoms with Crippen LogP contribution >= 0.6 is 27.3 Å². The molecule has 1 saturated carbocycles. The van der Waals surface area contributed by atoms with Crippen LogP contribution in [-0.4, -0.2) is 48.2 Å². The third-order valence-corrected chi connectivity index (χ3v) is 7.29. The zero-order chi connectivity index (χ0) is 23.5. The van der Waals surface area contributed by atoms with E-state index in [9.17, 15) is 9.90 Å².